The second-order valence-electron chi connectivity index (χ2n) is 3.33. The molecule has 0 unspecified atom stereocenters. The van der Waals surface area contributed by atoms with E-state index in [4.69, 9.17) is 10.1 Å². The smallest absolute Gasteiger partial charge is 0.218 e. The molecule has 3 heteroatoms. The molecule has 3 nitrogen and oxygen atoms in total. The molecule has 1 atom stereocenters. The van der Waals surface area contributed by atoms with Crippen LogP contribution in [0.4, 0.5) is 0 Å². The third-order valence-corrected chi connectivity index (χ3v) is 2.20. The maximum Gasteiger partial charge on any atom is 0.218 e. The molecule has 0 aromatic heterocycles. The molecule has 1 aliphatic rings. The van der Waals surface area contributed by atoms with Gasteiger partial charge in [-0.25, -0.2) is 0 Å². The van der Waals surface area contributed by atoms with E-state index in [0.29, 0.717) is 6.42 Å². The zero-order valence-corrected chi connectivity index (χ0v) is 7.90. The maximum absolute atomic E-state index is 8.63. The zero-order chi connectivity index (χ0) is 9.97. The van der Waals surface area contributed by atoms with Gasteiger partial charge in [-0.1, -0.05) is 35.0 Å². The summed E-state index contributed by atoms with van der Waals surface area (Å²) < 4.78 is 0. The van der Waals surface area contributed by atoms with E-state index in [1.807, 2.05) is 37.3 Å². The predicted molar refractivity (Wildman–Crippen MR) is 52.8 cm³/mol. The largest absolute Gasteiger partial charge is 0.376 e. The highest BCUT2D eigenvalue weighted by Gasteiger charge is 2.20. The van der Waals surface area contributed by atoms with Crippen LogP contribution in [-0.2, 0) is 4.84 Å². The van der Waals surface area contributed by atoms with Crippen molar-refractivity contribution in [3.8, 4) is 6.07 Å². The number of rotatable bonds is 1. The van der Waals surface area contributed by atoms with Crippen molar-refractivity contribution in [1.29, 1.82) is 5.26 Å². The SMILES string of the molecule is Cc1ccc(C2=NO[C@@H](C#N)C2)cc1. The molecule has 0 N–H and O–H groups in total. The Morgan fingerprint density at radius 3 is 2.71 bits per heavy atom. The first-order valence-electron chi connectivity index (χ1n) is 4.49. The molecule has 1 heterocycles. The molecule has 0 saturated heterocycles. The number of oxime groups is 1. The molecular weight excluding hydrogens is 176 g/mol. The molecule has 70 valence electrons. The Balaban J connectivity index is 2.18. The molecular formula is C11H10N2O. The van der Waals surface area contributed by atoms with Crippen LogP contribution in [0.2, 0.25) is 0 Å². The molecule has 0 aliphatic carbocycles. The lowest BCUT2D eigenvalue weighted by atomic mass is 10.0. The fourth-order valence-electron chi connectivity index (χ4n) is 1.36. The minimum Gasteiger partial charge on any atom is -0.376 e. The quantitative estimate of drug-likeness (QED) is 0.673. The fraction of sp³-hybridized carbons (Fsp3) is 0.273. The van der Waals surface area contributed by atoms with Gasteiger partial charge in [0, 0.05) is 6.42 Å². The summed E-state index contributed by atoms with van der Waals surface area (Å²) >= 11 is 0. The van der Waals surface area contributed by atoms with Crippen LogP contribution < -0.4 is 0 Å². The number of nitriles is 1. The van der Waals surface area contributed by atoms with Gasteiger partial charge in [0.05, 0.1) is 5.71 Å². The van der Waals surface area contributed by atoms with Crippen LogP contribution in [0, 0.1) is 18.3 Å². The van der Waals surface area contributed by atoms with Crippen LogP contribution in [-0.4, -0.2) is 11.8 Å². The van der Waals surface area contributed by atoms with Crippen LogP contribution >= 0.6 is 0 Å². The van der Waals surface area contributed by atoms with Crippen molar-refractivity contribution in [3.05, 3.63) is 35.4 Å². The Morgan fingerprint density at radius 2 is 2.14 bits per heavy atom. The van der Waals surface area contributed by atoms with E-state index in [2.05, 4.69) is 5.16 Å². The average Bonchev–Trinajstić information content (AvgIpc) is 2.67. The van der Waals surface area contributed by atoms with Gasteiger partial charge in [-0.3, -0.25) is 0 Å². The summed E-state index contributed by atoms with van der Waals surface area (Å²) in [6.07, 6.45) is 0.172. The Labute approximate surface area is 82.6 Å². The van der Waals surface area contributed by atoms with Gasteiger partial charge < -0.3 is 4.84 Å². The van der Waals surface area contributed by atoms with Gasteiger partial charge in [0.1, 0.15) is 6.07 Å². The van der Waals surface area contributed by atoms with Crippen molar-refractivity contribution in [2.24, 2.45) is 5.16 Å². The lowest BCUT2D eigenvalue weighted by Gasteiger charge is -1.98. The lowest BCUT2D eigenvalue weighted by molar-refractivity contribution is 0.125. The fourth-order valence-corrected chi connectivity index (χ4v) is 1.36. The van der Waals surface area contributed by atoms with Crippen molar-refractivity contribution < 1.29 is 4.84 Å². The van der Waals surface area contributed by atoms with Crippen molar-refractivity contribution >= 4 is 5.71 Å². The molecule has 0 fully saturated rings. The Kier molecular flexibility index (Phi) is 2.19. The minimum absolute atomic E-state index is 0.411. The third-order valence-electron chi connectivity index (χ3n) is 2.20. The van der Waals surface area contributed by atoms with Crippen molar-refractivity contribution in [1.82, 2.24) is 0 Å². The molecule has 1 aromatic carbocycles. The number of hydrogen-bond donors (Lipinski definition) is 0. The molecule has 1 aromatic rings. The normalized spacial score (nSPS) is 19.7. The first kappa shape index (κ1) is 8.76. The zero-order valence-electron chi connectivity index (χ0n) is 7.90. The number of benzene rings is 1. The van der Waals surface area contributed by atoms with Gasteiger partial charge in [-0.05, 0) is 12.5 Å². The van der Waals surface area contributed by atoms with E-state index >= 15 is 0 Å². The van der Waals surface area contributed by atoms with Gasteiger partial charge in [0.25, 0.3) is 0 Å². The second-order valence-corrected chi connectivity index (χ2v) is 3.33. The van der Waals surface area contributed by atoms with Crippen LogP contribution in [0.5, 0.6) is 0 Å². The molecule has 0 spiro atoms. The van der Waals surface area contributed by atoms with Crippen molar-refractivity contribution in [2.75, 3.05) is 0 Å². The molecule has 0 saturated carbocycles. The first-order valence-corrected chi connectivity index (χ1v) is 4.49. The third kappa shape index (κ3) is 1.60. The summed E-state index contributed by atoms with van der Waals surface area (Å²) in [7, 11) is 0. The average molecular weight is 186 g/mol. The Morgan fingerprint density at radius 1 is 1.43 bits per heavy atom. The highest BCUT2D eigenvalue weighted by molar-refractivity contribution is 6.01. The van der Waals surface area contributed by atoms with Gasteiger partial charge in [-0.15, -0.1) is 0 Å². The first-order chi connectivity index (χ1) is 6.79. The lowest BCUT2D eigenvalue weighted by Crippen LogP contribution is -2.04. The van der Waals surface area contributed by atoms with E-state index in [1.165, 1.54) is 5.56 Å². The molecule has 2 rings (SSSR count). The Hall–Kier alpha value is -1.82. The highest BCUT2D eigenvalue weighted by atomic mass is 16.6. The van der Waals surface area contributed by atoms with E-state index < -0.39 is 6.10 Å². The van der Waals surface area contributed by atoms with Gasteiger partial charge >= 0.3 is 0 Å². The van der Waals surface area contributed by atoms with Gasteiger partial charge in [-0.2, -0.15) is 5.26 Å². The number of aryl methyl sites for hydroxylation is 1. The molecule has 0 amide bonds. The summed E-state index contributed by atoms with van der Waals surface area (Å²) in [5.41, 5.74) is 3.11. The van der Waals surface area contributed by atoms with E-state index in [0.717, 1.165) is 11.3 Å². The van der Waals surface area contributed by atoms with Gasteiger partial charge in [0.2, 0.25) is 6.10 Å². The highest BCUT2D eigenvalue weighted by Crippen LogP contribution is 2.16. The summed E-state index contributed by atoms with van der Waals surface area (Å²) in [6, 6.07) is 10.1. The second kappa shape index (κ2) is 3.51. The monoisotopic (exact) mass is 186 g/mol. The number of hydrogen-bond acceptors (Lipinski definition) is 3. The summed E-state index contributed by atoms with van der Waals surface area (Å²) in [5.74, 6) is 0. The van der Waals surface area contributed by atoms with Crippen LogP contribution in [0.1, 0.15) is 17.5 Å². The topological polar surface area (TPSA) is 45.4 Å². The van der Waals surface area contributed by atoms with Crippen LogP contribution in [0.25, 0.3) is 0 Å². The summed E-state index contributed by atoms with van der Waals surface area (Å²) in [6.45, 7) is 2.04. The molecule has 0 radical (unpaired) electrons. The molecule has 1 aliphatic heterocycles. The van der Waals surface area contributed by atoms with Crippen LogP contribution in [0.15, 0.2) is 29.4 Å². The standard InChI is InChI=1S/C11H10N2O/c1-8-2-4-9(5-3-8)11-6-10(7-12)14-13-11/h2-5,10H,6H2,1H3/t10-/m1/s1. The summed E-state index contributed by atoms with van der Waals surface area (Å²) in [4.78, 5) is 4.93. The van der Waals surface area contributed by atoms with Crippen molar-refractivity contribution in [2.45, 2.75) is 19.4 Å². The van der Waals surface area contributed by atoms with Gasteiger partial charge in [0.15, 0.2) is 0 Å². The Bertz CT molecular complexity index is 400. The number of nitrogens with zero attached hydrogens (tertiary/aromatic N) is 2. The van der Waals surface area contributed by atoms with E-state index in [-0.39, 0.29) is 0 Å². The van der Waals surface area contributed by atoms with E-state index in [1.54, 1.807) is 0 Å². The molecule has 14 heavy (non-hydrogen) atoms. The van der Waals surface area contributed by atoms with Crippen molar-refractivity contribution in [3.63, 3.8) is 0 Å². The van der Waals surface area contributed by atoms with E-state index in [9.17, 15) is 0 Å². The minimum atomic E-state index is -0.411. The predicted octanol–water partition coefficient (Wildman–Crippen LogP) is 2.01. The van der Waals surface area contributed by atoms with Crippen LogP contribution in [0.3, 0.4) is 0 Å². The maximum atomic E-state index is 8.63. The molecule has 0 bridgehead atoms. The summed E-state index contributed by atoms with van der Waals surface area (Å²) in [5, 5.41) is 12.5.